The average molecular weight is 467 g/mol. The Kier molecular flexibility index (Phi) is 10.9. The lowest BCUT2D eigenvalue weighted by molar-refractivity contribution is -0.133. The summed E-state index contributed by atoms with van der Waals surface area (Å²) in [6.45, 7) is 12.1. The summed E-state index contributed by atoms with van der Waals surface area (Å²) in [7, 11) is 2.03. The van der Waals surface area contributed by atoms with E-state index < -0.39 is 0 Å². The molecule has 1 aromatic heterocycles. The summed E-state index contributed by atoms with van der Waals surface area (Å²) in [5.41, 5.74) is 5.06. The molecule has 1 aliphatic heterocycles. The molecule has 2 heterocycles. The lowest BCUT2D eigenvalue weighted by Crippen LogP contribution is -2.41. The lowest BCUT2D eigenvalue weighted by Gasteiger charge is -2.35. The Morgan fingerprint density at radius 2 is 1.88 bits per heavy atom. The van der Waals surface area contributed by atoms with Gasteiger partial charge in [0, 0.05) is 38.2 Å². The van der Waals surface area contributed by atoms with Crippen molar-refractivity contribution in [3.8, 4) is 0 Å². The number of nitrogens with one attached hydrogen (secondary N) is 1. The molecule has 1 N–H and O–H groups in total. The molecule has 0 fully saturated rings. The highest BCUT2D eigenvalue weighted by atomic mass is 19.1. The van der Waals surface area contributed by atoms with Gasteiger partial charge in [-0.15, -0.1) is 0 Å². The zero-order valence-electron chi connectivity index (χ0n) is 21.4. The first kappa shape index (κ1) is 27.3. The van der Waals surface area contributed by atoms with Crippen LogP contribution in [0, 0.1) is 12.7 Å². The molecule has 1 amide bonds. The molecule has 0 saturated heterocycles. The molecule has 3 aromatic rings. The smallest absolute Gasteiger partial charge is 0.224 e. The Morgan fingerprint density at radius 1 is 1.15 bits per heavy atom. The van der Waals surface area contributed by atoms with Gasteiger partial charge in [-0.3, -0.25) is 4.79 Å². The Balaban J connectivity index is 0.000000970. The average Bonchev–Trinajstić information content (AvgIpc) is 3.33. The minimum atomic E-state index is -0.356. The quantitative estimate of drug-likeness (QED) is 0.492. The molecular formula is C28H39FN4O. The van der Waals surface area contributed by atoms with Crippen LogP contribution in [0.4, 0.5) is 4.39 Å². The van der Waals surface area contributed by atoms with Crippen LogP contribution >= 0.6 is 0 Å². The van der Waals surface area contributed by atoms with Crippen LogP contribution in [0.2, 0.25) is 0 Å². The van der Waals surface area contributed by atoms with Gasteiger partial charge in [-0.2, -0.15) is 0 Å². The van der Waals surface area contributed by atoms with E-state index in [0.717, 1.165) is 29.9 Å². The molecule has 6 heteroatoms. The van der Waals surface area contributed by atoms with Crippen molar-refractivity contribution < 1.29 is 9.18 Å². The van der Waals surface area contributed by atoms with Crippen LogP contribution in [0.15, 0.2) is 54.9 Å². The number of H-pyrrole nitrogens is 1. The van der Waals surface area contributed by atoms with E-state index in [4.69, 9.17) is 0 Å². The molecule has 0 spiro atoms. The summed E-state index contributed by atoms with van der Waals surface area (Å²) in [5.74, 6) is -0.241. The second kappa shape index (κ2) is 13.7. The van der Waals surface area contributed by atoms with Gasteiger partial charge in [0.2, 0.25) is 5.91 Å². The van der Waals surface area contributed by atoms with Crippen LogP contribution in [0.5, 0.6) is 0 Å². The fourth-order valence-electron chi connectivity index (χ4n) is 4.19. The van der Waals surface area contributed by atoms with E-state index in [-0.39, 0.29) is 17.8 Å². The van der Waals surface area contributed by atoms with Crippen LogP contribution in [0.1, 0.15) is 68.2 Å². The van der Waals surface area contributed by atoms with Gasteiger partial charge < -0.3 is 14.8 Å². The van der Waals surface area contributed by atoms with Crippen molar-refractivity contribution in [1.82, 2.24) is 19.8 Å². The predicted molar refractivity (Wildman–Crippen MR) is 137 cm³/mol. The van der Waals surface area contributed by atoms with Crippen LogP contribution in [-0.2, 0) is 17.8 Å². The van der Waals surface area contributed by atoms with Gasteiger partial charge in [0.05, 0.1) is 12.0 Å². The number of rotatable bonds is 6. The van der Waals surface area contributed by atoms with Crippen molar-refractivity contribution in [1.29, 1.82) is 0 Å². The topological polar surface area (TPSA) is 52.2 Å². The molecular weight excluding hydrogens is 427 g/mol. The van der Waals surface area contributed by atoms with E-state index in [1.165, 1.54) is 23.3 Å². The van der Waals surface area contributed by atoms with Gasteiger partial charge in [0.1, 0.15) is 11.9 Å². The molecule has 0 radical (unpaired) electrons. The van der Waals surface area contributed by atoms with Crippen LogP contribution in [-0.4, -0.2) is 45.8 Å². The number of hydrogen-bond donors (Lipinski definition) is 1. The first-order valence-electron chi connectivity index (χ1n) is 12.3. The summed E-state index contributed by atoms with van der Waals surface area (Å²) in [6.07, 6.45) is 2.79. The number of amides is 1. The van der Waals surface area contributed by atoms with E-state index in [1.807, 2.05) is 45.7 Å². The number of aryl methyl sites for hydroxylation is 1. The fraction of sp³-hybridized carbons (Fsp3) is 0.429. The normalized spacial score (nSPS) is 14.5. The molecule has 2 aromatic carbocycles. The minimum absolute atomic E-state index is 0.0639. The van der Waals surface area contributed by atoms with Crippen molar-refractivity contribution in [3.63, 3.8) is 0 Å². The number of carbonyl (C=O) groups excluding carboxylic acids is 1. The van der Waals surface area contributed by atoms with Gasteiger partial charge in [-0.05, 0) is 37.2 Å². The van der Waals surface area contributed by atoms with Gasteiger partial charge in [0.25, 0.3) is 0 Å². The number of carbonyl (C=O) groups is 1. The molecule has 0 aliphatic carbocycles. The monoisotopic (exact) mass is 466 g/mol. The largest absolute Gasteiger partial charge is 0.348 e. The molecule has 1 unspecified atom stereocenters. The fourth-order valence-corrected chi connectivity index (χ4v) is 4.19. The van der Waals surface area contributed by atoms with Gasteiger partial charge in [-0.25, -0.2) is 9.37 Å². The molecule has 0 bridgehead atoms. The van der Waals surface area contributed by atoms with Crippen LogP contribution < -0.4 is 0 Å². The number of aromatic nitrogens is 2. The number of halogens is 1. The molecule has 5 nitrogen and oxygen atoms in total. The van der Waals surface area contributed by atoms with E-state index in [2.05, 4.69) is 46.1 Å². The van der Waals surface area contributed by atoms with Crippen molar-refractivity contribution in [3.05, 3.63) is 88.8 Å². The van der Waals surface area contributed by atoms with E-state index in [9.17, 15) is 9.18 Å². The summed E-state index contributed by atoms with van der Waals surface area (Å²) in [6, 6.07) is 14.5. The second-order valence-electron chi connectivity index (χ2n) is 8.04. The Morgan fingerprint density at radius 3 is 2.59 bits per heavy atom. The van der Waals surface area contributed by atoms with E-state index >= 15 is 0 Å². The van der Waals surface area contributed by atoms with Crippen LogP contribution in [0.25, 0.3) is 0 Å². The maximum Gasteiger partial charge on any atom is 0.224 e. The van der Waals surface area contributed by atoms with Crippen molar-refractivity contribution in [2.45, 2.75) is 60.0 Å². The molecule has 0 saturated carbocycles. The lowest BCUT2D eigenvalue weighted by atomic mass is 9.95. The molecule has 1 aliphatic rings. The van der Waals surface area contributed by atoms with E-state index in [0.29, 0.717) is 19.5 Å². The number of hydrogen-bond acceptors (Lipinski definition) is 3. The maximum absolute atomic E-state index is 13.9. The van der Waals surface area contributed by atoms with Crippen LogP contribution in [0.3, 0.4) is 0 Å². The van der Waals surface area contributed by atoms with Crippen molar-refractivity contribution >= 4 is 5.91 Å². The van der Waals surface area contributed by atoms with E-state index in [1.54, 1.807) is 12.4 Å². The first-order valence-corrected chi connectivity index (χ1v) is 12.3. The van der Waals surface area contributed by atoms with Gasteiger partial charge in [-0.1, -0.05) is 69.7 Å². The van der Waals surface area contributed by atoms with Crippen molar-refractivity contribution in [2.75, 3.05) is 20.1 Å². The SMILES string of the molecule is CC.CC.Cc1cccc(CN(C)CCC(=O)N2CCc3[nH]cnc3C2c2cccc(F)c2)c1. The highest BCUT2D eigenvalue weighted by Crippen LogP contribution is 2.34. The number of aromatic amines is 1. The zero-order chi connectivity index (χ0) is 25.1. The van der Waals surface area contributed by atoms with Crippen molar-refractivity contribution in [2.24, 2.45) is 0 Å². The third kappa shape index (κ3) is 7.00. The Bertz CT molecular complexity index is 1030. The molecule has 1 atom stereocenters. The minimum Gasteiger partial charge on any atom is -0.348 e. The molecule has 34 heavy (non-hydrogen) atoms. The third-order valence-electron chi connectivity index (χ3n) is 5.65. The maximum atomic E-state index is 13.9. The number of fused-ring (bicyclic) bond motifs is 1. The Labute approximate surface area is 204 Å². The summed E-state index contributed by atoms with van der Waals surface area (Å²) in [5, 5.41) is 0. The Hall–Kier alpha value is -2.99. The summed E-state index contributed by atoms with van der Waals surface area (Å²) in [4.78, 5) is 24.8. The first-order chi connectivity index (χ1) is 16.5. The summed E-state index contributed by atoms with van der Waals surface area (Å²) < 4.78 is 13.9. The highest BCUT2D eigenvalue weighted by molar-refractivity contribution is 5.77. The van der Waals surface area contributed by atoms with Gasteiger partial charge in [0.15, 0.2) is 0 Å². The highest BCUT2D eigenvalue weighted by Gasteiger charge is 2.34. The standard InChI is InChI=1S/C24H27FN4O.2C2H6/c1-17-5-3-6-18(13-17)15-28(2)11-10-22(30)29-12-9-21-23(27-16-26-21)24(29)19-7-4-8-20(25)14-19;2*1-2/h3-8,13-14,16,24H,9-12,15H2,1-2H3,(H,26,27);2*1-2H3. The number of nitrogens with zero attached hydrogens (tertiary/aromatic N) is 3. The van der Waals surface area contributed by atoms with Gasteiger partial charge >= 0.3 is 0 Å². The number of benzene rings is 2. The summed E-state index contributed by atoms with van der Waals surface area (Å²) >= 11 is 0. The predicted octanol–water partition coefficient (Wildman–Crippen LogP) is 5.91. The third-order valence-corrected chi connectivity index (χ3v) is 5.65. The number of imidazole rings is 1. The zero-order valence-corrected chi connectivity index (χ0v) is 21.4. The second-order valence-corrected chi connectivity index (χ2v) is 8.04. The molecule has 4 rings (SSSR count). The molecule has 184 valence electrons.